The van der Waals surface area contributed by atoms with Crippen LogP contribution in [-0.4, -0.2) is 26.0 Å². The predicted molar refractivity (Wildman–Crippen MR) is 136 cm³/mol. The number of hydrogen-bond acceptors (Lipinski definition) is 6. The number of ether oxygens (including phenoxy) is 1. The Balaban J connectivity index is 1.73. The number of hydrogen-bond donors (Lipinski definition) is 2. The molecule has 0 saturated carbocycles. The number of nitrogens with one attached hydrogen (secondary N) is 2. The second-order valence-corrected chi connectivity index (χ2v) is 11.1. The van der Waals surface area contributed by atoms with E-state index in [0.717, 1.165) is 16.8 Å². The van der Waals surface area contributed by atoms with Crippen LogP contribution in [0.1, 0.15) is 31.9 Å². The molecule has 0 aliphatic heterocycles. The first-order valence-corrected chi connectivity index (χ1v) is 12.5. The minimum atomic E-state index is -3.68. The lowest BCUT2D eigenvalue weighted by Crippen LogP contribution is -2.26. The van der Waals surface area contributed by atoms with Crippen LogP contribution >= 0.6 is 0 Å². The normalized spacial score (nSPS) is 12.0. The van der Waals surface area contributed by atoms with Crippen molar-refractivity contribution in [2.45, 2.75) is 44.0 Å². The number of aromatic nitrogens is 1. The third-order valence-electron chi connectivity index (χ3n) is 4.89. The lowest BCUT2D eigenvalue weighted by Gasteiger charge is -2.20. The SMILES string of the molecule is Cc1cc(S(=O)(=O)c2ccc(CN=C(NC#N)Nc3ccncc3)cc2)ccc1OCC(C)(C)C. The number of sulfone groups is 1. The van der Waals surface area contributed by atoms with Gasteiger partial charge in [0.2, 0.25) is 15.8 Å². The summed E-state index contributed by atoms with van der Waals surface area (Å²) in [4.78, 5) is 8.73. The van der Waals surface area contributed by atoms with E-state index in [0.29, 0.717) is 12.4 Å². The van der Waals surface area contributed by atoms with E-state index < -0.39 is 9.84 Å². The number of anilines is 1. The predicted octanol–water partition coefficient (Wildman–Crippen LogP) is 4.69. The van der Waals surface area contributed by atoms with E-state index >= 15 is 0 Å². The molecule has 0 aliphatic carbocycles. The van der Waals surface area contributed by atoms with Gasteiger partial charge in [0.05, 0.1) is 22.9 Å². The molecule has 35 heavy (non-hydrogen) atoms. The summed E-state index contributed by atoms with van der Waals surface area (Å²) >= 11 is 0. The standard InChI is InChI=1S/C26H29N5O3S/c1-19-15-23(9-10-24(19)34-17-26(2,3)4)35(32,33)22-7-5-20(6-8-22)16-29-25(30-18-27)31-21-11-13-28-14-12-21/h5-15H,16-17H2,1-4H3,(H2,28,29,30,31). The number of guanidine groups is 1. The number of aryl methyl sites for hydroxylation is 1. The Kier molecular flexibility index (Phi) is 8.10. The molecule has 0 radical (unpaired) electrons. The maximum atomic E-state index is 13.2. The van der Waals surface area contributed by atoms with Gasteiger partial charge in [-0.1, -0.05) is 32.9 Å². The Bertz CT molecular complexity index is 1320. The van der Waals surface area contributed by atoms with Crippen molar-refractivity contribution in [3.63, 3.8) is 0 Å². The fourth-order valence-corrected chi connectivity index (χ4v) is 4.41. The quantitative estimate of drug-likeness (QED) is 0.213. The average molecular weight is 492 g/mol. The van der Waals surface area contributed by atoms with E-state index in [4.69, 9.17) is 10.00 Å². The molecule has 0 spiro atoms. The van der Waals surface area contributed by atoms with Crippen molar-refractivity contribution >= 4 is 21.5 Å². The van der Waals surface area contributed by atoms with Crippen LogP contribution in [0.2, 0.25) is 0 Å². The van der Waals surface area contributed by atoms with Crippen molar-refractivity contribution in [2.24, 2.45) is 10.4 Å². The Labute approximate surface area is 206 Å². The molecule has 1 heterocycles. The monoisotopic (exact) mass is 491 g/mol. The highest BCUT2D eigenvalue weighted by molar-refractivity contribution is 7.91. The Morgan fingerprint density at radius 3 is 2.31 bits per heavy atom. The second kappa shape index (κ2) is 11.0. The molecule has 2 N–H and O–H groups in total. The maximum absolute atomic E-state index is 13.2. The van der Waals surface area contributed by atoms with Gasteiger partial charge < -0.3 is 10.1 Å². The van der Waals surface area contributed by atoms with Crippen LogP contribution in [0.4, 0.5) is 5.69 Å². The second-order valence-electron chi connectivity index (χ2n) is 9.19. The van der Waals surface area contributed by atoms with Crippen molar-refractivity contribution in [1.82, 2.24) is 10.3 Å². The van der Waals surface area contributed by atoms with E-state index in [1.807, 2.05) is 13.1 Å². The van der Waals surface area contributed by atoms with Crippen LogP contribution in [-0.2, 0) is 16.4 Å². The third-order valence-corrected chi connectivity index (χ3v) is 6.66. The maximum Gasteiger partial charge on any atom is 0.209 e. The Morgan fingerprint density at radius 1 is 1.06 bits per heavy atom. The van der Waals surface area contributed by atoms with Gasteiger partial charge in [-0.3, -0.25) is 10.3 Å². The highest BCUT2D eigenvalue weighted by atomic mass is 32.2. The van der Waals surface area contributed by atoms with Crippen molar-refractivity contribution in [2.75, 3.05) is 11.9 Å². The topological polar surface area (TPSA) is 116 Å². The Morgan fingerprint density at radius 2 is 1.71 bits per heavy atom. The smallest absolute Gasteiger partial charge is 0.209 e. The molecular weight excluding hydrogens is 462 g/mol. The van der Waals surface area contributed by atoms with Gasteiger partial charge in [-0.15, -0.1) is 0 Å². The highest BCUT2D eigenvalue weighted by Crippen LogP contribution is 2.28. The molecule has 2 aromatic carbocycles. The molecule has 3 aromatic rings. The Hall–Kier alpha value is -3.90. The first-order valence-electron chi connectivity index (χ1n) is 11.0. The molecule has 8 nitrogen and oxygen atoms in total. The molecule has 0 saturated heterocycles. The van der Waals surface area contributed by atoms with Crippen molar-refractivity contribution in [3.05, 3.63) is 78.1 Å². The highest BCUT2D eigenvalue weighted by Gasteiger charge is 2.19. The number of rotatable bonds is 7. The molecular formula is C26H29N5O3S. The van der Waals surface area contributed by atoms with E-state index in [2.05, 4.69) is 41.4 Å². The van der Waals surface area contributed by atoms with Gasteiger partial charge in [0, 0.05) is 18.1 Å². The summed E-state index contributed by atoms with van der Waals surface area (Å²) in [6.07, 6.45) is 5.10. The first-order chi connectivity index (χ1) is 16.6. The van der Waals surface area contributed by atoms with Gasteiger partial charge in [0.15, 0.2) is 6.19 Å². The number of nitrogens with zero attached hydrogens (tertiary/aromatic N) is 3. The lowest BCUT2D eigenvalue weighted by molar-refractivity contribution is 0.197. The molecule has 0 unspecified atom stereocenters. The fourth-order valence-electron chi connectivity index (χ4n) is 3.06. The molecule has 0 fully saturated rings. The van der Waals surface area contributed by atoms with Gasteiger partial charge in [-0.2, -0.15) is 5.26 Å². The van der Waals surface area contributed by atoms with E-state index in [1.54, 1.807) is 67.0 Å². The van der Waals surface area contributed by atoms with Crippen molar-refractivity contribution in [1.29, 1.82) is 5.26 Å². The van der Waals surface area contributed by atoms with Crippen LogP contribution in [0.5, 0.6) is 5.75 Å². The van der Waals surface area contributed by atoms with E-state index in [-0.39, 0.29) is 27.7 Å². The minimum absolute atomic E-state index is 0.00347. The summed E-state index contributed by atoms with van der Waals surface area (Å²) < 4.78 is 32.2. The fraction of sp³-hybridized carbons (Fsp3) is 0.269. The van der Waals surface area contributed by atoms with Gasteiger partial charge in [0.1, 0.15) is 5.75 Å². The zero-order valence-electron chi connectivity index (χ0n) is 20.2. The zero-order chi connectivity index (χ0) is 25.5. The van der Waals surface area contributed by atoms with E-state index in [1.165, 1.54) is 0 Å². The van der Waals surface area contributed by atoms with Gasteiger partial charge in [0.25, 0.3) is 0 Å². The van der Waals surface area contributed by atoms with Gasteiger partial charge in [-0.05, 0) is 65.9 Å². The van der Waals surface area contributed by atoms with Crippen LogP contribution in [0.3, 0.4) is 0 Å². The molecule has 0 atom stereocenters. The molecule has 0 amide bonds. The van der Waals surface area contributed by atoms with Crippen molar-refractivity contribution < 1.29 is 13.2 Å². The molecule has 182 valence electrons. The largest absolute Gasteiger partial charge is 0.493 e. The van der Waals surface area contributed by atoms with Crippen LogP contribution in [0, 0.1) is 23.8 Å². The lowest BCUT2D eigenvalue weighted by atomic mass is 9.99. The zero-order valence-corrected chi connectivity index (χ0v) is 21.1. The summed E-state index contributed by atoms with van der Waals surface area (Å²) in [5.41, 5.74) is 2.29. The molecule has 1 aromatic heterocycles. The summed E-state index contributed by atoms with van der Waals surface area (Å²) in [6.45, 7) is 8.86. The number of benzene rings is 2. The van der Waals surface area contributed by atoms with Crippen LogP contribution in [0.25, 0.3) is 0 Å². The summed E-state index contributed by atoms with van der Waals surface area (Å²) in [5.74, 6) is 0.953. The number of pyridine rings is 1. The summed E-state index contributed by atoms with van der Waals surface area (Å²) in [5, 5.41) is 14.5. The molecule has 3 rings (SSSR count). The van der Waals surface area contributed by atoms with Gasteiger partial charge in [-0.25, -0.2) is 13.4 Å². The average Bonchev–Trinajstić information content (AvgIpc) is 2.82. The van der Waals surface area contributed by atoms with Crippen molar-refractivity contribution in [3.8, 4) is 11.9 Å². The summed E-state index contributed by atoms with van der Waals surface area (Å²) in [6, 6.07) is 15.0. The number of nitriles is 1. The third kappa shape index (κ3) is 7.29. The van der Waals surface area contributed by atoms with Crippen LogP contribution < -0.4 is 15.4 Å². The molecule has 0 bridgehead atoms. The summed E-state index contributed by atoms with van der Waals surface area (Å²) in [7, 11) is -3.68. The van der Waals surface area contributed by atoms with Gasteiger partial charge >= 0.3 is 0 Å². The molecule has 0 aliphatic rings. The minimum Gasteiger partial charge on any atom is -0.493 e. The first kappa shape index (κ1) is 25.7. The van der Waals surface area contributed by atoms with Crippen LogP contribution in [0.15, 0.2) is 81.8 Å². The van der Waals surface area contributed by atoms with E-state index in [9.17, 15) is 8.42 Å². The molecule has 9 heteroatoms. The number of aliphatic imine (C=N–C) groups is 1.